The standard InChI is InChI=1S/C14H9N3O2/c1-9-12-7-10(8-15)14(18)19-13(12)17(16-9)11-5-3-2-4-6-11/h2-7H,1H3. The molecule has 0 amide bonds. The van der Waals surface area contributed by atoms with Gasteiger partial charge in [-0.05, 0) is 25.1 Å². The third-order valence-electron chi connectivity index (χ3n) is 2.88. The summed E-state index contributed by atoms with van der Waals surface area (Å²) in [6.45, 7) is 1.81. The summed E-state index contributed by atoms with van der Waals surface area (Å²) in [5.41, 5.74) is 1.20. The van der Waals surface area contributed by atoms with Gasteiger partial charge < -0.3 is 4.42 Å². The zero-order valence-corrected chi connectivity index (χ0v) is 10.1. The lowest BCUT2D eigenvalue weighted by molar-refractivity contribution is 0.533. The van der Waals surface area contributed by atoms with E-state index in [4.69, 9.17) is 9.68 Å². The third kappa shape index (κ3) is 1.70. The fourth-order valence-electron chi connectivity index (χ4n) is 1.95. The van der Waals surface area contributed by atoms with E-state index in [2.05, 4.69) is 5.10 Å². The van der Waals surface area contributed by atoms with Crippen molar-refractivity contribution in [3.63, 3.8) is 0 Å². The molecule has 0 saturated carbocycles. The van der Waals surface area contributed by atoms with Crippen molar-refractivity contribution in [2.24, 2.45) is 0 Å². The van der Waals surface area contributed by atoms with Crippen LogP contribution in [0.25, 0.3) is 16.8 Å². The number of aryl methyl sites for hydroxylation is 1. The monoisotopic (exact) mass is 251 g/mol. The molecule has 2 heterocycles. The zero-order chi connectivity index (χ0) is 13.4. The lowest BCUT2D eigenvalue weighted by Crippen LogP contribution is -2.05. The molecule has 0 spiro atoms. The summed E-state index contributed by atoms with van der Waals surface area (Å²) >= 11 is 0. The van der Waals surface area contributed by atoms with Crippen LogP contribution >= 0.6 is 0 Å². The van der Waals surface area contributed by atoms with Crippen LogP contribution in [0.2, 0.25) is 0 Å². The van der Waals surface area contributed by atoms with Crippen LogP contribution in [0.15, 0.2) is 45.6 Å². The van der Waals surface area contributed by atoms with E-state index in [0.29, 0.717) is 16.8 Å². The molecule has 0 aliphatic carbocycles. The molecule has 1 aromatic carbocycles. The summed E-state index contributed by atoms with van der Waals surface area (Å²) < 4.78 is 6.78. The first-order chi connectivity index (χ1) is 9.20. The molecule has 0 fully saturated rings. The largest absolute Gasteiger partial charge is 0.403 e. The first-order valence-electron chi connectivity index (χ1n) is 5.69. The van der Waals surface area contributed by atoms with Gasteiger partial charge in [0, 0.05) is 0 Å². The number of hydrogen-bond donors (Lipinski definition) is 0. The quantitative estimate of drug-likeness (QED) is 0.664. The lowest BCUT2D eigenvalue weighted by Gasteiger charge is -2.00. The second-order valence-corrected chi connectivity index (χ2v) is 4.11. The molecular formula is C14H9N3O2. The van der Waals surface area contributed by atoms with Gasteiger partial charge in [0.1, 0.15) is 11.6 Å². The van der Waals surface area contributed by atoms with Crippen LogP contribution in [-0.4, -0.2) is 9.78 Å². The van der Waals surface area contributed by atoms with Crippen molar-refractivity contribution in [3.8, 4) is 11.8 Å². The third-order valence-corrected chi connectivity index (χ3v) is 2.88. The Hall–Kier alpha value is -2.87. The molecule has 5 nitrogen and oxygen atoms in total. The van der Waals surface area contributed by atoms with E-state index in [1.165, 1.54) is 6.07 Å². The SMILES string of the molecule is Cc1nn(-c2ccccc2)c2oc(=O)c(C#N)cc12. The average Bonchev–Trinajstić information content (AvgIpc) is 2.75. The van der Waals surface area contributed by atoms with Crippen LogP contribution in [0.3, 0.4) is 0 Å². The van der Waals surface area contributed by atoms with Crippen LogP contribution in [0.4, 0.5) is 0 Å². The number of rotatable bonds is 1. The number of para-hydroxylation sites is 1. The predicted molar refractivity (Wildman–Crippen MR) is 69.1 cm³/mol. The fourth-order valence-corrected chi connectivity index (χ4v) is 1.95. The highest BCUT2D eigenvalue weighted by atomic mass is 16.4. The van der Waals surface area contributed by atoms with E-state index in [1.54, 1.807) is 4.68 Å². The van der Waals surface area contributed by atoms with Crippen LogP contribution in [0.1, 0.15) is 11.3 Å². The number of nitriles is 1. The van der Waals surface area contributed by atoms with Gasteiger partial charge in [0.25, 0.3) is 0 Å². The molecule has 0 N–H and O–H groups in total. The molecule has 0 bridgehead atoms. The smallest absolute Gasteiger partial charge is 0.355 e. The van der Waals surface area contributed by atoms with Crippen molar-refractivity contribution >= 4 is 11.1 Å². The minimum Gasteiger partial charge on any atom is -0.403 e. The Balaban J connectivity index is 2.38. The second-order valence-electron chi connectivity index (χ2n) is 4.11. The Morgan fingerprint density at radius 1 is 1.32 bits per heavy atom. The Labute approximate surface area is 108 Å². The van der Waals surface area contributed by atoms with E-state index >= 15 is 0 Å². The van der Waals surface area contributed by atoms with Crippen LogP contribution in [-0.2, 0) is 0 Å². The van der Waals surface area contributed by atoms with Gasteiger partial charge in [0.15, 0.2) is 0 Å². The number of benzene rings is 1. The van der Waals surface area contributed by atoms with E-state index in [9.17, 15) is 4.79 Å². The maximum absolute atomic E-state index is 11.6. The molecule has 0 aliphatic heterocycles. The van der Waals surface area contributed by atoms with E-state index in [0.717, 1.165) is 5.69 Å². The van der Waals surface area contributed by atoms with Crippen molar-refractivity contribution in [2.75, 3.05) is 0 Å². The maximum atomic E-state index is 11.6. The molecule has 0 atom stereocenters. The fraction of sp³-hybridized carbons (Fsp3) is 0.0714. The average molecular weight is 251 g/mol. The number of nitrogens with zero attached hydrogens (tertiary/aromatic N) is 3. The first-order valence-corrected chi connectivity index (χ1v) is 5.69. The van der Waals surface area contributed by atoms with Gasteiger partial charge in [0.05, 0.1) is 16.8 Å². The van der Waals surface area contributed by atoms with Gasteiger partial charge in [-0.15, -0.1) is 0 Å². The topological polar surface area (TPSA) is 71.8 Å². The van der Waals surface area contributed by atoms with Gasteiger partial charge >= 0.3 is 5.63 Å². The highest BCUT2D eigenvalue weighted by molar-refractivity contribution is 5.79. The molecule has 0 radical (unpaired) electrons. The highest BCUT2D eigenvalue weighted by Crippen LogP contribution is 2.20. The van der Waals surface area contributed by atoms with Crippen molar-refractivity contribution in [1.29, 1.82) is 5.26 Å². The Morgan fingerprint density at radius 2 is 2.05 bits per heavy atom. The molecular weight excluding hydrogens is 242 g/mol. The van der Waals surface area contributed by atoms with Crippen molar-refractivity contribution in [3.05, 3.63) is 58.1 Å². The van der Waals surface area contributed by atoms with Crippen molar-refractivity contribution in [2.45, 2.75) is 6.92 Å². The molecule has 0 aliphatic rings. The highest BCUT2D eigenvalue weighted by Gasteiger charge is 2.14. The van der Waals surface area contributed by atoms with Gasteiger partial charge in [-0.25, -0.2) is 4.79 Å². The van der Waals surface area contributed by atoms with Crippen LogP contribution < -0.4 is 5.63 Å². The molecule has 19 heavy (non-hydrogen) atoms. The van der Waals surface area contributed by atoms with Gasteiger partial charge in [0.2, 0.25) is 5.71 Å². The maximum Gasteiger partial charge on any atom is 0.355 e. The van der Waals surface area contributed by atoms with Crippen molar-refractivity contribution in [1.82, 2.24) is 9.78 Å². The molecule has 0 saturated heterocycles. The summed E-state index contributed by atoms with van der Waals surface area (Å²) in [6, 6.07) is 12.7. The number of hydrogen-bond acceptors (Lipinski definition) is 4. The second kappa shape index (κ2) is 4.10. The number of aromatic nitrogens is 2. The lowest BCUT2D eigenvalue weighted by atomic mass is 10.2. The van der Waals surface area contributed by atoms with E-state index in [-0.39, 0.29) is 5.56 Å². The number of fused-ring (bicyclic) bond motifs is 1. The predicted octanol–water partition coefficient (Wildman–Crippen LogP) is 2.16. The molecule has 5 heteroatoms. The van der Waals surface area contributed by atoms with Gasteiger partial charge in [-0.1, -0.05) is 18.2 Å². The van der Waals surface area contributed by atoms with E-state index in [1.807, 2.05) is 43.3 Å². The zero-order valence-electron chi connectivity index (χ0n) is 10.1. The summed E-state index contributed by atoms with van der Waals surface area (Å²) in [7, 11) is 0. The van der Waals surface area contributed by atoms with Crippen LogP contribution in [0, 0.1) is 18.3 Å². The molecule has 2 aromatic heterocycles. The minimum absolute atomic E-state index is 0.0109. The Bertz CT molecular complexity index is 854. The van der Waals surface area contributed by atoms with Crippen molar-refractivity contribution < 1.29 is 4.42 Å². The Kier molecular flexibility index (Phi) is 2.43. The summed E-state index contributed by atoms with van der Waals surface area (Å²) in [5.74, 6) is 0. The molecule has 92 valence electrons. The summed E-state index contributed by atoms with van der Waals surface area (Å²) in [4.78, 5) is 11.6. The van der Waals surface area contributed by atoms with Gasteiger partial charge in [-0.2, -0.15) is 15.0 Å². The summed E-state index contributed by atoms with van der Waals surface area (Å²) in [5, 5.41) is 13.9. The minimum atomic E-state index is -0.646. The Morgan fingerprint density at radius 3 is 2.74 bits per heavy atom. The summed E-state index contributed by atoms with van der Waals surface area (Å²) in [6.07, 6.45) is 0. The van der Waals surface area contributed by atoms with E-state index < -0.39 is 5.63 Å². The molecule has 3 aromatic rings. The first kappa shape index (κ1) is 11.2. The molecule has 0 unspecified atom stereocenters. The normalized spacial score (nSPS) is 10.5. The van der Waals surface area contributed by atoms with Crippen LogP contribution in [0.5, 0.6) is 0 Å². The van der Waals surface area contributed by atoms with Gasteiger partial charge in [-0.3, -0.25) is 0 Å². The molecule has 3 rings (SSSR count).